The van der Waals surface area contributed by atoms with Crippen LogP contribution in [0.5, 0.6) is 0 Å². The van der Waals surface area contributed by atoms with Gasteiger partial charge >= 0.3 is 0 Å². The number of fused-ring (bicyclic) bond motifs is 36. The van der Waals surface area contributed by atoms with Gasteiger partial charge in [0.2, 0.25) is 34.7 Å². The molecule has 570 valence electrons. The molecule has 18 aromatic carbocycles. The molecule has 0 amide bonds. The third kappa shape index (κ3) is 8.85. The van der Waals surface area contributed by atoms with Crippen molar-refractivity contribution in [2.24, 2.45) is 0 Å². The SMILES string of the molecule is Cc1ccc(-c2cc3c4c(c2)n2c5cc6ccccc6cc5nc2n4c2nc4cc5ccccc5cc4n32)c(C)c1.Cc1cccc(C)c1-c1cc2c3c(c1)n1c4cc5ccccc5cc4nc1n3c1nc3cc4ccccc4cc3n21.Cc1ccccc1-c1cc2c3c(c1)n1c4cc5ccccc5cc4nc1n3c1nc3cc4ccccc4cc3n21. The molecule has 122 heavy (non-hydrogen) atoms. The largest absolute Gasteiger partial charge is 0.276 e. The Hall–Kier alpha value is -16.3. The number of imidazole rings is 12. The molecule has 0 aliphatic carbocycles. The topological polar surface area (TPSA) is 117 Å². The zero-order valence-electron chi connectivity index (χ0n) is 66.7. The van der Waals surface area contributed by atoms with Gasteiger partial charge in [0.1, 0.15) is 16.6 Å². The summed E-state index contributed by atoms with van der Waals surface area (Å²) in [6.45, 7) is 10.9. The molecule has 30 aromatic rings. The Labute approximate surface area is 691 Å². The quantitative estimate of drug-likeness (QED) is 0.174. The zero-order chi connectivity index (χ0) is 80.1. The van der Waals surface area contributed by atoms with Crippen LogP contribution in [0.1, 0.15) is 27.8 Å². The van der Waals surface area contributed by atoms with E-state index in [0.29, 0.717) is 0 Å². The molecule has 15 heteroatoms. The zero-order valence-corrected chi connectivity index (χ0v) is 66.7. The second-order valence-electron chi connectivity index (χ2n) is 33.6. The number of aromatic nitrogens is 15. The van der Waals surface area contributed by atoms with E-state index in [0.717, 1.165) is 151 Å². The maximum atomic E-state index is 5.24. The minimum atomic E-state index is 0.891. The Bertz CT molecular complexity index is 9400. The Morgan fingerprint density at radius 3 is 0.664 bits per heavy atom. The molecule has 15 nitrogen and oxygen atoms in total. The van der Waals surface area contributed by atoms with Gasteiger partial charge in [-0.3, -0.25) is 26.4 Å². The molecule has 0 fully saturated rings. The first-order valence-corrected chi connectivity index (χ1v) is 41.6. The molecule has 0 saturated carbocycles. The molecule has 0 saturated heterocycles. The smallest absolute Gasteiger partial charge is 0.223 e. The van der Waals surface area contributed by atoms with Crippen LogP contribution in [-0.2, 0) is 0 Å². The lowest BCUT2D eigenvalue weighted by Crippen LogP contribution is -1.91. The van der Waals surface area contributed by atoms with Crippen molar-refractivity contribution >= 4 is 215 Å². The van der Waals surface area contributed by atoms with Crippen LogP contribution in [0.4, 0.5) is 0 Å². The van der Waals surface area contributed by atoms with Crippen molar-refractivity contribution in [2.75, 3.05) is 0 Å². The lowest BCUT2D eigenvalue weighted by Gasteiger charge is -2.11. The number of nitrogens with zero attached hydrogens (tertiary/aromatic N) is 15. The van der Waals surface area contributed by atoms with Gasteiger partial charge in [0.15, 0.2) is 0 Å². The highest BCUT2D eigenvalue weighted by Crippen LogP contribution is 2.45. The third-order valence-electron chi connectivity index (χ3n) is 26.5. The fourth-order valence-corrected chi connectivity index (χ4v) is 21.0. The van der Waals surface area contributed by atoms with E-state index in [-0.39, 0.29) is 0 Å². The van der Waals surface area contributed by atoms with Crippen LogP contribution < -0.4 is 0 Å². The maximum Gasteiger partial charge on any atom is 0.223 e. The molecule has 12 heterocycles. The summed E-state index contributed by atoms with van der Waals surface area (Å²) in [5.41, 5.74) is 36.6. The van der Waals surface area contributed by atoms with E-state index in [2.05, 4.69) is 390 Å². The highest BCUT2D eigenvalue weighted by molar-refractivity contribution is 6.14. The van der Waals surface area contributed by atoms with Crippen LogP contribution in [0, 0.1) is 34.6 Å². The Kier molecular flexibility index (Phi) is 12.7. The Balaban J connectivity index is 0.0000000941. The molecule has 0 bridgehead atoms. The second kappa shape index (κ2) is 23.6. The normalized spacial score (nSPS) is 12.6. The first-order valence-electron chi connectivity index (χ1n) is 41.6. The highest BCUT2D eigenvalue weighted by atomic mass is 15.3. The summed E-state index contributed by atoms with van der Waals surface area (Å²) in [7, 11) is 0. The molecule has 0 atom stereocenters. The molecule has 0 spiro atoms. The van der Waals surface area contributed by atoms with Crippen molar-refractivity contribution in [3.05, 3.63) is 343 Å². The number of hydrogen-bond acceptors (Lipinski definition) is 6. The lowest BCUT2D eigenvalue weighted by molar-refractivity contribution is 1.15. The molecule has 0 aliphatic rings. The average Bonchev–Trinajstić information content (AvgIpc) is 1.52. The van der Waals surface area contributed by atoms with Gasteiger partial charge in [0, 0.05) is 0 Å². The van der Waals surface area contributed by atoms with E-state index < -0.39 is 0 Å². The molecule has 30 rings (SSSR count). The summed E-state index contributed by atoms with van der Waals surface area (Å²) in [4.78, 5) is 31.4. The molecule has 0 N–H and O–H groups in total. The van der Waals surface area contributed by atoms with Gasteiger partial charge in [-0.15, -0.1) is 0 Å². The number of hydrogen-bond donors (Lipinski definition) is 0. The predicted molar refractivity (Wildman–Crippen MR) is 501 cm³/mol. The third-order valence-corrected chi connectivity index (χ3v) is 26.5. The Morgan fingerprint density at radius 2 is 0.402 bits per heavy atom. The lowest BCUT2D eigenvalue weighted by atomic mass is 9.95. The van der Waals surface area contributed by atoms with Crippen LogP contribution in [-0.4, -0.2) is 69.5 Å². The van der Waals surface area contributed by atoms with Gasteiger partial charge in [-0.05, 0) is 264 Å². The second-order valence-corrected chi connectivity index (χ2v) is 33.6. The van der Waals surface area contributed by atoms with Crippen molar-refractivity contribution in [3.8, 4) is 33.4 Å². The number of rotatable bonds is 3. The first kappa shape index (κ1) is 65.8. The van der Waals surface area contributed by atoms with Gasteiger partial charge in [-0.1, -0.05) is 212 Å². The minimum Gasteiger partial charge on any atom is -0.276 e. The summed E-state index contributed by atoms with van der Waals surface area (Å²) in [5, 5.41) is 14.5. The van der Waals surface area contributed by atoms with Gasteiger partial charge in [-0.2, -0.15) is 0 Å². The monoisotopic (exact) mass is 1560 g/mol. The van der Waals surface area contributed by atoms with Crippen LogP contribution in [0.2, 0.25) is 0 Å². The van der Waals surface area contributed by atoms with E-state index in [1.807, 2.05) is 0 Å². The van der Waals surface area contributed by atoms with E-state index in [4.69, 9.17) is 29.9 Å². The van der Waals surface area contributed by atoms with Crippen molar-refractivity contribution < 1.29 is 0 Å². The fraction of sp³-hybridized carbons (Fsp3) is 0.0467. The van der Waals surface area contributed by atoms with E-state index in [9.17, 15) is 0 Å². The van der Waals surface area contributed by atoms with Gasteiger partial charge in [-0.25, -0.2) is 43.1 Å². The number of aryl methyl sites for hydroxylation is 5. The minimum absolute atomic E-state index is 0.891. The fourth-order valence-electron chi connectivity index (χ4n) is 21.0. The molecular weight excluding hydrogens is 1500 g/mol. The molecule has 0 radical (unpaired) electrons. The maximum absolute atomic E-state index is 5.24. The molecular formula is C107H67N15. The van der Waals surface area contributed by atoms with E-state index in [1.54, 1.807) is 0 Å². The van der Waals surface area contributed by atoms with Crippen molar-refractivity contribution in [1.82, 2.24) is 69.5 Å². The predicted octanol–water partition coefficient (Wildman–Crippen LogP) is 25.9. The van der Waals surface area contributed by atoms with E-state index in [1.165, 1.54) is 126 Å². The van der Waals surface area contributed by atoms with Crippen molar-refractivity contribution in [1.29, 1.82) is 0 Å². The summed E-state index contributed by atoms with van der Waals surface area (Å²) >= 11 is 0. The molecule has 12 aromatic heterocycles. The van der Waals surface area contributed by atoms with Crippen LogP contribution in [0.25, 0.3) is 249 Å². The van der Waals surface area contributed by atoms with Gasteiger partial charge in [0.25, 0.3) is 0 Å². The molecule has 0 aliphatic heterocycles. The van der Waals surface area contributed by atoms with Crippen LogP contribution in [0.3, 0.4) is 0 Å². The first-order chi connectivity index (χ1) is 60.0. The number of benzene rings is 18. The van der Waals surface area contributed by atoms with E-state index >= 15 is 0 Å². The van der Waals surface area contributed by atoms with Gasteiger partial charge in [0.05, 0.1) is 99.3 Å². The van der Waals surface area contributed by atoms with Crippen LogP contribution in [0.15, 0.2) is 315 Å². The Morgan fingerprint density at radius 1 is 0.172 bits per heavy atom. The van der Waals surface area contributed by atoms with Crippen molar-refractivity contribution in [2.45, 2.75) is 34.6 Å². The van der Waals surface area contributed by atoms with Crippen LogP contribution >= 0.6 is 0 Å². The highest BCUT2D eigenvalue weighted by Gasteiger charge is 2.31. The summed E-state index contributed by atoms with van der Waals surface area (Å²) in [5.74, 6) is 5.35. The van der Waals surface area contributed by atoms with Gasteiger partial charge < -0.3 is 0 Å². The summed E-state index contributed by atoms with van der Waals surface area (Å²) in [6, 6.07) is 114. The standard InChI is InChI=1S/2C36H23N5.C35H21N5/c1-20-8-7-9-21(2)33(20)26-18-31-34-32(19-26)40-30-17-25-13-6-4-11-23(25)15-28(30)38-36(40)41(34)35-37-27-14-22-10-3-5-12-24(22)16-29(27)39(31)35;1-20-11-12-27(21(2)13-20)26-18-32-34-33(19-26)40-31-17-25-10-6-4-8-23(25)15-29(31)38-36(40)41(34)35-37-28-14-22-7-3-5-9-24(22)16-30(28)39(32)35;1-20-8-2-7-13-26(20)25-18-31-33-32(19-25)39-30-17-24-12-6-4-10-22(24)15-28(30)37-35(39)40(33)34-36-27-14-21-9-3-5-11-23(21)16-29(27)38(31)34/h2*3-19H,1-2H3;2-19H,1H3. The van der Waals surface area contributed by atoms with Crippen molar-refractivity contribution in [3.63, 3.8) is 0 Å². The average molecular weight is 1560 g/mol. The summed E-state index contributed by atoms with van der Waals surface area (Å²) < 4.78 is 20.7. The molecule has 0 unspecified atom stereocenters. The summed E-state index contributed by atoms with van der Waals surface area (Å²) in [6.07, 6.45) is 0.